The maximum absolute atomic E-state index is 12.9. The molecule has 0 spiro atoms. The molecule has 0 unspecified atom stereocenters. The van der Waals surface area contributed by atoms with Gasteiger partial charge in [0.05, 0.1) is 29.4 Å². The summed E-state index contributed by atoms with van der Waals surface area (Å²) in [7, 11) is 0. The van der Waals surface area contributed by atoms with Crippen molar-refractivity contribution in [3.05, 3.63) is 91.3 Å². The van der Waals surface area contributed by atoms with Crippen LogP contribution in [0.1, 0.15) is 29.4 Å². The van der Waals surface area contributed by atoms with Crippen molar-refractivity contribution >= 4 is 22.6 Å². The van der Waals surface area contributed by atoms with Crippen molar-refractivity contribution in [1.82, 2.24) is 24.5 Å². The molecule has 1 aromatic carbocycles. The fourth-order valence-corrected chi connectivity index (χ4v) is 3.94. The molecule has 4 aromatic heterocycles. The second kappa shape index (κ2) is 7.94. The van der Waals surface area contributed by atoms with Gasteiger partial charge in [-0.05, 0) is 54.8 Å². The smallest absolute Gasteiger partial charge is 0.275 e. The van der Waals surface area contributed by atoms with Gasteiger partial charge < -0.3 is 9.88 Å². The average Bonchev–Trinajstić information content (AvgIpc) is 3.59. The molecule has 6 rings (SSSR count). The first kappa shape index (κ1) is 19.3. The number of rotatable bonds is 5. The Hall–Kier alpha value is -4.39. The van der Waals surface area contributed by atoms with Gasteiger partial charge in [-0.3, -0.25) is 14.8 Å². The molecule has 0 aliphatic heterocycles. The molecular formula is C26H20N6O. The van der Waals surface area contributed by atoms with E-state index in [0.717, 1.165) is 46.3 Å². The Labute approximate surface area is 190 Å². The summed E-state index contributed by atoms with van der Waals surface area (Å²) in [6.45, 7) is 0. The van der Waals surface area contributed by atoms with E-state index in [9.17, 15) is 4.79 Å². The molecule has 0 bridgehead atoms. The summed E-state index contributed by atoms with van der Waals surface area (Å²) in [5.74, 6) is 0.159. The number of fused-ring (bicyclic) bond motifs is 1. The van der Waals surface area contributed by atoms with Crippen LogP contribution in [-0.4, -0.2) is 30.4 Å². The van der Waals surface area contributed by atoms with Crippen molar-refractivity contribution in [1.29, 1.82) is 0 Å². The standard InChI is InChI=1S/C26H20N6O/c33-26(31-25-7-3-6-22(30-25)24-15-27-16-32(24)20-8-9-20)23-13-17(10-11-28-23)19-12-18-4-1-2-5-21(18)29-14-19/h1-7,10-16,20H,8-9H2,(H,30,31,33). The summed E-state index contributed by atoms with van der Waals surface area (Å²) in [6, 6.07) is 19.7. The Bertz CT molecular complexity index is 1490. The molecule has 1 aliphatic rings. The number of carbonyl (C=O) groups is 1. The minimum atomic E-state index is -0.314. The third kappa shape index (κ3) is 3.85. The number of amides is 1. The van der Waals surface area contributed by atoms with E-state index in [-0.39, 0.29) is 5.91 Å². The first-order chi connectivity index (χ1) is 16.2. The quantitative estimate of drug-likeness (QED) is 0.415. The Morgan fingerprint density at radius 2 is 1.85 bits per heavy atom. The second-order valence-corrected chi connectivity index (χ2v) is 8.13. The first-order valence-electron chi connectivity index (χ1n) is 10.9. The molecule has 1 aliphatic carbocycles. The number of aromatic nitrogens is 5. The number of carbonyl (C=O) groups excluding carboxylic acids is 1. The van der Waals surface area contributed by atoms with Crippen LogP contribution in [0.15, 0.2) is 85.6 Å². The van der Waals surface area contributed by atoms with E-state index in [2.05, 4.69) is 35.9 Å². The normalized spacial score (nSPS) is 13.2. The number of para-hydroxylation sites is 1. The second-order valence-electron chi connectivity index (χ2n) is 8.13. The lowest BCUT2D eigenvalue weighted by Gasteiger charge is -2.09. The molecule has 7 heteroatoms. The Morgan fingerprint density at radius 3 is 2.76 bits per heavy atom. The monoisotopic (exact) mass is 432 g/mol. The number of nitrogens with zero attached hydrogens (tertiary/aromatic N) is 5. The first-order valence-corrected chi connectivity index (χ1v) is 10.9. The summed E-state index contributed by atoms with van der Waals surface area (Å²) in [5.41, 5.74) is 4.79. The van der Waals surface area contributed by atoms with Gasteiger partial charge in [-0.25, -0.2) is 9.97 Å². The predicted molar refractivity (Wildman–Crippen MR) is 127 cm³/mol. The van der Waals surface area contributed by atoms with E-state index >= 15 is 0 Å². The summed E-state index contributed by atoms with van der Waals surface area (Å²) < 4.78 is 2.15. The highest BCUT2D eigenvalue weighted by Gasteiger charge is 2.26. The number of hydrogen-bond acceptors (Lipinski definition) is 5. The number of hydrogen-bond donors (Lipinski definition) is 1. The summed E-state index contributed by atoms with van der Waals surface area (Å²) in [5, 5.41) is 3.92. The lowest BCUT2D eigenvalue weighted by molar-refractivity contribution is 0.102. The molecule has 4 heterocycles. The lowest BCUT2D eigenvalue weighted by Crippen LogP contribution is -2.14. The van der Waals surface area contributed by atoms with Crippen LogP contribution in [0.25, 0.3) is 33.4 Å². The Balaban J connectivity index is 1.25. The van der Waals surface area contributed by atoms with Gasteiger partial charge in [0.15, 0.2) is 0 Å². The van der Waals surface area contributed by atoms with Crippen molar-refractivity contribution in [2.24, 2.45) is 0 Å². The average molecular weight is 432 g/mol. The number of pyridine rings is 3. The van der Waals surface area contributed by atoms with Gasteiger partial charge in [0, 0.05) is 29.4 Å². The van der Waals surface area contributed by atoms with E-state index in [1.807, 2.05) is 61.2 Å². The highest BCUT2D eigenvalue weighted by Crippen LogP contribution is 2.38. The fraction of sp³-hybridized carbons (Fsp3) is 0.115. The van der Waals surface area contributed by atoms with E-state index in [4.69, 9.17) is 0 Å². The molecule has 160 valence electrons. The van der Waals surface area contributed by atoms with Crippen LogP contribution < -0.4 is 5.32 Å². The van der Waals surface area contributed by atoms with Crippen LogP contribution in [-0.2, 0) is 0 Å². The number of benzene rings is 1. The van der Waals surface area contributed by atoms with Gasteiger partial charge in [-0.1, -0.05) is 24.3 Å². The van der Waals surface area contributed by atoms with Crippen LogP contribution in [0.2, 0.25) is 0 Å². The van der Waals surface area contributed by atoms with Gasteiger partial charge in [0.2, 0.25) is 0 Å². The fourth-order valence-electron chi connectivity index (χ4n) is 3.94. The molecular weight excluding hydrogens is 412 g/mol. The number of nitrogens with one attached hydrogen (secondary N) is 1. The van der Waals surface area contributed by atoms with Crippen LogP contribution in [0.4, 0.5) is 5.82 Å². The van der Waals surface area contributed by atoms with Gasteiger partial charge in [-0.15, -0.1) is 0 Å². The minimum Gasteiger partial charge on any atom is -0.326 e. The number of imidazole rings is 1. The molecule has 1 saturated carbocycles. The van der Waals surface area contributed by atoms with Crippen LogP contribution in [0.3, 0.4) is 0 Å². The zero-order valence-electron chi connectivity index (χ0n) is 17.7. The Morgan fingerprint density at radius 1 is 0.939 bits per heavy atom. The molecule has 1 amide bonds. The maximum atomic E-state index is 12.9. The topological polar surface area (TPSA) is 85.6 Å². The van der Waals surface area contributed by atoms with Crippen molar-refractivity contribution in [3.63, 3.8) is 0 Å². The van der Waals surface area contributed by atoms with Crippen molar-refractivity contribution in [2.75, 3.05) is 5.32 Å². The van der Waals surface area contributed by atoms with Crippen molar-refractivity contribution < 1.29 is 4.79 Å². The molecule has 33 heavy (non-hydrogen) atoms. The van der Waals surface area contributed by atoms with E-state index < -0.39 is 0 Å². The largest absolute Gasteiger partial charge is 0.326 e. The maximum Gasteiger partial charge on any atom is 0.275 e. The molecule has 7 nitrogen and oxygen atoms in total. The van der Waals surface area contributed by atoms with Crippen LogP contribution >= 0.6 is 0 Å². The molecule has 0 saturated heterocycles. The van der Waals surface area contributed by atoms with Gasteiger partial charge in [0.25, 0.3) is 5.91 Å². The van der Waals surface area contributed by atoms with E-state index in [1.54, 1.807) is 18.3 Å². The molecule has 0 atom stereocenters. The van der Waals surface area contributed by atoms with Gasteiger partial charge in [-0.2, -0.15) is 0 Å². The van der Waals surface area contributed by atoms with Crippen LogP contribution in [0.5, 0.6) is 0 Å². The molecule has 5 aromatic rings. The van der Waals surface area contributed by atoms with Crippen molar-refractivity contribution in [3.8, 4) is 22.5 Å². The molecule has 1 fully saturated rings. The van der Waals surface area contributed by atoms with E-state index in [1.165, 1.54) is 0 Å². The van der Waals surface area contributed by atoms with E-state index in [0.29, 0.717) is 17.6 Å². The number of anilines is 1. The highest BCUT2D eigenvalue weighted by atomic mass is 16.1. The summed E-state index contributed by atoms with van der Waals surface area (Å²) >= 11 is 0. The van der Waals surface area contributed by atoms with Gasteiger partial charge >= 0.3 is 0 Å². The molecule has 1 N–H and O–H groups in total. The minimum absolute atomic E-state index is 0.314. The summed E-state index contributed by atoms with van der Waals surface area (Å²) in [6.07, 6.45) is 9.43. The molecule has 0 radical (unpaired) electrons. The zero-order valence-corrected chi connectivity index (χ0v) is 17.7. The third-order valence-corrected chi connectivity index (χ3v) is 5.78. The lowest BCUT2D eigenvalue weighted by atomic mass is 10.1. The Kier molecular flexibility index (Phi) is 4.65. The summed E-state index contributed by atoms with van der Waals surface area (Å²) in [4.78, 5) is 30.6. The van der Waals surface area contributed by atoms with Crippen molar-refractivity contribution in [2.45, 2.75) is 18.9 Å². The predicted octanol–water partition coefficient (Wildman–Crippen LogP) is 5.14. The van der Waals surface area contributed by atoms with Gasteiger partial charge in [0.1, 0.15) is 11.5 Å². The SMILES string of the molecule is O=C(Nc1cccc(-c2cncn2C2CC2)n1)c1cc(-c2cnc3ccccc3c2)ccn1. The van der Waals surface area contributed by atoms with Crippen LogP contribution in [0, 0.1) is 0 Å². The third-order valence-electron chi connectivity index (χ3n) is 5.78. The zero-order chi connectivity index (χ0) is 22.2. The highest BCUT2D eigenvalue weighted by molar-refractivity contribution is 6.03.